The van der Waals surface area contributed by atoms with E-state index in [1.165, 1.54) is 5.56 Å². The minimum atomic E-state index is -3.04. The van der Waals surface area contributed by atoms with Gasteiger partial charge >= 0.3 is 0 Å². The molecule has 2 N–H and O–H groups in total. The predicted octanol–water partition coefficient (Wildman–Crippen LogP) is 2.05. The van der Waals surface area contributed by atoms with Crippen LogP contribution in [0.3, 0.4) is 0 Å². The molecule has 0 aromatic heterocycles. The lowest BCUT2D eigenvalue weighted by Crippen LogP contribution is -2.22. The molecular weight excluding hydrogens is 246 g/mol. The molecule has 0 heterocycles. The highest BCUT2D eigenvalue weighted by atomic mass is 32.2. The summed E-state index contributed by atoms with van der Waals surface area (Å²) in [5.41, 5.74) is 7.30. The zero-order valence-corrected chi connectivity index (χ0v) is 11.2. The van der Waals surface area contributed by atoms with Crippen LogP contribution in [0.2, 0.25) is 0 Å². The molecule has 0 bridgehead atoms. The van der Waals surface area contributed by atoms with Gasteiger partial charge in [0.25, 0.3) is 0 Å². The Morgan fingerprint density at radius 1 is 1.17 bits per heavy atom. The summed E-state index contributed by atoms with van der Waals surface area (Å²) in [5.74, 6) is 0. The molecule has 2 aliphatic carbocycles. The Morgan fingerprint density at radius 3 is 2.28 bits per heavy atom. The molecule has 98 valence electrons. The average molecular weight is 265 g/mol. The van der Waals surface area contributed by atoms with Crippen LogP contribution in [0, 0.1) is 0 Å². The highest BCUT2D eigenvalue weighted by Crippen LogP contribution is 2.37. The Morgan fingerprint density at radius 2 is 1.78 bits per heavy atom. The number of nitrogens with two attached hydrogens (primary N) is 1. The average Bonchev–Trinajstić information content (AvgIpc) is 3.22. The van der Waals surface area contributed by atoms with E-state index in [9.17, 15) is 8.42 Å². The van der Waals surface area contributed by atoms with Crippen molar-refractivity contribution in [2.24, 2.45) is 5.73 Å². The smallest absolute Gasteiger partial charge is 0.181 e. The molecule has 0 saturated heterocycles. The van der Waals surface area contributed by atoms with Crippen molar-refractivity contribution >= 4 is 9.84 Å². The lowest BCUT2D eigenvalue weighted by Gasteiger charge is -2.09. The van der Waals surface area contributed by atoms with Crippen LogP contribution in [0.4, 0.5) is 0 Å². The summed E-state index contributed by atoms with van der Waals surface area (Å²) in [6, 6.07) is 7.36. The van der Waals surface area contributed by atoms with E-state index >= 15 is 0 Å². The zero-order valence-electron chi connectivity index (χ0n) is 10.4. The van der Waals surface area contributed by atoms with Crippen molar-refractivity contribution in [3.8, 4) is 0 Å². The van der Waals surface area contributed by atoms with Gasteiger partial charge in [0, 0.05) is 5.54 Å². The second-order valence-electron chi connectivity index (χ2n) is 5.75. The molecule has 0 amide bonds. The van der Waals surface area contributed by atoms with Crippen molar-refractivity contribution in [1.82, 2.24) is 0 Å². The third-order valence-electron chi connectivity index (χ3n) is 4.02. The number of benzene rings is 1. The lowest BCUT2D eigenvalue weighted by atomic mass is 10.0. The highest BCUT2D eigenvalue weighted by molar-refractivity contribution is 7.92. The number of rotatable bonds is 5. The van der Waals surface area contributed by atoms with Crippen LogP contribution in [0.1, 0.15) is 37.7 Å². The molecule has 3 nitrogen and oxygen atoms in total. The van der Waals surface area contributed by atoms with E-state index in [2.05, 4.69) is 0 Å². The molecular formula is C14H19NO2S. The Bertz CT molecular complexity index is 540. The van der Waals surface area contributed by atoms with E-state index < -0.39 is 9.84 Å². The summed E-state index contributed by atoms with van der Waals surface area (Å²) in [7, 11) is -3.04. The molecule has 0 radical (unpaired) electrons. The van der Waals surface area contributed by atoms with Crippen LogP contribution in [-0.4, -0.2) is 19.2 Å². The quantitative estimate of drug-likeness (QED) is 0.886. The molecule has 2 saturated carbocycles. The summed E-state index contributed by atoms with van der Waals surface area (Å²) in [5, 5.41) is -0.123. The van der Waals surface area contributed by atoms with E-state index in [4.69, 9.17) is 5.73 Å². The third kappa shape index (κ3) is 2.45. The first kappa shape index (κ1) is 12.2. The highest BCUT2D eigenvalue weighted by Gasteiger charge is 2.38. The van der Waals surface area contributed by atoms with E-state index in [-0.39, 0.29) is 10.8 Å². The second-order valence-corrected chi connectivity index (χ2v) is 7.98. The summed E-state index contributed by atoms with van der Waals surface area (Å²) in [6.07, 6.45) is 5.84. The first-order chi connectivity index (χ1) is 8.50. The van der Waals surface area contributed by atoms with Gasteiger partial charge in [-0.25, -0.2) is 8.42 Å². The van der Waals surface area contributed by atoms with Crippen LogP contribution >= 0.6 is 0 Å². The molecule has 18 heavy (non-hydrogen) atoms. The maximum atomic E-state index is 12.0. The van der Waals surface area contributed by atoms with Gasteiger partial charge in [-0.05, 0) is 56.2 Å². The van der Waals surface area contributed by atoms with Crippen LogP contribution in [-0.2, 0) is 16.3 Å². The SMILES string of the molecule is NC1(CCc2ccc(S(=O)(=O)C3CC3)cc2)CC1. The first-order valence-corrected chi connectivity index (χ1v) is 8.16. The van der Waals surface area contributed by atoms with Crippen molar-refractivity contribution in [2.45, 2.75) is 54.2 Å². The normalized spacial score (nSPS) is 21.8. The second kappa shape index (κ2) is 4.07. The van der Waals surface area contributed by atoms with E-state index in [0.29, 0.717) is 4.90 Å². The van der Waals surface area contributed by atoms with Crippen LogP contribution in [0.15, 0.2) is 29.2 Å². The monoisotopic (exact) mass is 265 g/mol. The van der Waals surface area contributed by atoms with Crippen molar-refractivity contribution in [2.75, 3.05) is 0 Å². The molecule has 1 aromatic carbocycles. The molecule has 0 atom stereocenters. The maximum Gasteiger partial charge on any atom is 0.181 e. The van der Waals surface area contributed by atoms with Crippen molar-refractivity contribution < 1.29 is 8.42 Å². The van der Waals surface area contributed by atoms with Gasteiger partial charge in [-0.2, -0.15) is 0 Å². The molecule has 2 aliphatic rings. The van der Waals surface area contributed by atoms with Gasteiger partial charge in [0.2, 0.25) is 0 Å². The van der Waals surface area contributed by atoms with E-state index in [1.807, 2.05) is 12.1 Å². The summed E-state index contributed by atoms with van der Waals surface area (Å²) in [6.45, 7) is 0. The fraction of sp³-hybridized carbons (Fsp3) is 0.571. The van der Waals surface area contributed by atoms with Gasteiger partial charge in [0.15, 0.2) is 9.84 Å². The molecule has 3 rings (SSSR count). The number of hydrogen-bond donors (Lipinski definition) is 1. The van der Waals surface area contributed by atoms with Gasteiger partial charge in [0.05, 0.1) is 10.1 Å². The standard InChI is InChI=1S/C14H19NO2S/c15-14(9-10-14)8-7-11-1-3-12(4-2-11)18(16,17)13-5-6-13/h1-4,13H,5-10,15H2. The van der Waals surface area contributed by atoms with Gasteiger partial charge < -0.3 is 5.73 Å². The number of sulfone groups is 1. The van der Waals surface area contributed by atoms with Crippen LogP contribution < -0.4 is 5.73 Å². The van der Waals surface area contributed by atoms with E-state index in [0.717, 1.165) is 38.5 Å². The van der Waals surface area contributed by atoms with Gasteiger partial charge in [-0.3, -0.25) is 0 Å². The number of aryl methyl sites for hydroxylation is 1. The van der Waals surface area contributed by atoms with Crippen molar-refractivity contribution in [1.29, 1.82) is 0 Å². The fourth-order valence-corrected chi connectivity index (χ4v) is 3.88. The Hall–Kier alpha value is -0.870. The minimum absolute atomic E-state index is 0.0682. The zero-order chi connectivity index (χ0) is 12.8. The molecule has 0 unspecified atom stereocenters. The van der Waals surface area contributed by atoms with Gasteiger partial charge in [-0.1, -0.05) is 12.1 Å². The Balaban J connectivity index is 1.68. The Labute approximate surface area is 108 Å². The maximum absolute atomic E-state index is 12.0. The summed E-state index contributed by atoms with van der Waals surface area (Å²) < 4.78 is 24.0. The lowest BCUT2D eigenvalue weighted by molar-refractivity contribution is 0.594. The van der Waals surface area contributed by atoms with Crippen LogP contribution in [0.5, 0.6) is 0 Å². The van der Waals surface area contributed by atoms with Gasteiger partial charge in [0.1, 0.15) is 0 Å². The summed E-state index contributed by atoms with van der Waals surface area (Å²) in [4.78, 5) is 0.475. The fourth-order valence-electron chi connectivity index (χ4n) is 2.22. The van der Waals surface area contributed by atoms with Crippen molar-refractivity contribution in [3.05, 3.63) is 29.8 Å². The first-order valence-electron chi connectivity index (χ1n) is 6.61. The molecule has 2 fully saturated rings. The van der Waals surface area contributed by atoms with Crippen molar-refractivity contribution in [3.63, 3.8) is 0 Å². The molecule has 0 aliphatic heterocycles. The van der Waals surface area contributed by atoms with Gasteiger partial charge in [-0.15, -0.1) is 0 Å². The molecule has 1 aromatic rings. The predicted molar refractivity (Wildman–Crippen MR) is 71.1 cm³/mol. The largest absolute Gasteiger partial charge is 0.325 e. The minimum Gasteiger partial charge on any atom is -0.325 e. The Kier molecular flexibility index (Phi) is 2.75. The molecule has 4 heteroatoms. The van der Waals surface area contributed by atoms with Crippen LogP contribution in [0.25, 0.3) is 0 Å². The molecule has 0 spiro atoms. The van der Waals surface area contributed by atoms with E-state index in [1.54, 1.807) is 12.1 Å². The summed E-state index contributed by atoms with van der Waals surface area (Å²) >= 11 is 0. The number of hydrogen-bond acceptors (Lipinski definition) is 3. The third-order valence-corrected chi connectivity index (χ3v) is 6.30. The topological polar surface area (TPSA) is 60.2 Å².